The Balaban J connectivity index is 3.96. The molecule has 0 aromatic heterocycles. The zero-order valence-electron chi connectivity index (χ0n) is 12.7. The smallest absolute Gasteiger partial charge is 0.224 e. The van der Waals surface area contributed by atoms with E-state index in [2.05, 4.69) is 21.3 Å². The molecule has 0 spiro atoms. The maximum absolute atomic E-state index is 11.8. The van der Waals surface area contributed by atoms with Crippen LogP contribution in [0.2, 0.25) is 0 Å². The largest absolute Gasteiger partial charge is 0.339 e. The summed E-state index contributed by atoms with van der Waals surface area (Å²) < 4.78 is 0. The van der Waals surface area contributed by atoms with Gasteiger partial charge in [-0.25, -0.2) is 0 Å². The number of carbonyl (C=O) groups is 4. The first-order chi connectivity index (χ1) is 9.86. The summed E-state index contributed by atoms with van der Waals surface area (Å²) in [4.78, 5) is 44.7. The summed E-state index contributed by atoms with van der Waals surface area (Å²) in [5.41, 5.74) is 0. The lowest BCUT2D eigenvalue weighted by molar-refractivity contribution is -0.126. The van der Waals surface area contributed by atoms with Crippen molar-refractivity contribution in [1.82, 2.24) is 21.3 Å². The number of carbonyl (C=O) groups excluding carboxylic acids is 4. The SMILES string of the molecule is CCC(CCC(=O)NCNC(C)=O)C(=O)NCNC(C)=O. The number of amides is 4. The number of hydrogen-bond acceptors (Lipinski definition) is 4. The van der Waals surface area contributed by atoms with Crippen molar-refractivity contribution in [2.24, 2.45) is 5.92 Å². The maximum Gasteiger partial charge on any atom is 0.224 e. The second-order valence-corrected chi connectivity index (χ2v) is 4.60. The van der Waals surface area contributed by atoms with Gasteiger partial charge in [-0.3, -0.25) is 19.2 Å². The highest BCUT2D eigenvalue weighted by atomic mass is 16.2. The monoisotopic (exact) mass is 300 g/mol. The maximum atomic E-state index is 11.8. The third kappa shape index (κ3) is 10.3. The normalized spacial score (nSPS) is 11.2. The van der Waals surface area contributed by atoms with E-state index >= 15 is 0 Å². The minimum Gasteiger partial charge on any atom is -0.339 e. The van der Waals surface area contributed by atoms with Crippen LogP contribution in [0.5, 0.6) is 0 Å². The van der Waals surface area contributed by atoms with Crippen LogP contribution in [0, 0.1) is 5.92 Å². The number of hydrogen-bond donors (Lipinski definition) is 4. The molecule has 4 N–H and O–H groups in total. The van der Waals surface area contributed by atoms with Gasteiger partial charge >= 0.3 is 0 Å². The minimum absolute atomic E-state index is 0.0827. The minimum atomic E-state index is -0.287. The molecule has 8 heteroatoms. The predicted octanol–water partition coefficient (Wildman–Crippen LogP) is -0.788. The van der Waals surface area contributed by atoms with E-state index in [1.54, 1.807) is 0 Å². The molecule has 0 aromatic rings. The van der Waals surface area contributed by atoms with Gasteiger partial charge in [0.1, 0.15) is 0 Å². The van der Waals surface area contributed by atoms with E-state index in [4.69, 9.17) is 0 Å². The fraction of sp³-hybridized carbons (Fsp3) is 0.692. The molecule has 0 aliphatic rings. The van der Waals surface area contributed by atoms with Crippen LogP contribution in [0.25, 0.3) is 0 Å². The van der Waals surface area contributed by atoms with Gasteiger partial charge in [-0.05, 0) is 12.8 Å². The molecule has 0 aliphatic carbocycles. The average Bonchev–Trinajstić information content (AvgIpc) is 2.38. The molecule has 8 nitrogen and oxygen atoms in total. The van der Waals surface area contributed by atoms with Gasteiger partial charge in [0.2, 0.25) is 23.6 Å². The van der Waals surface area contributed by atoms with Crippen LogP contribution in [-0.4, -0.2) is 37.0 Å². The van der Waals surface area contributed by atoms with Crippen molar-refractivity contribution in [3.8, 4) is 0 Å². The van der Waals surface area contributed by atoms with Crippen molar-refractivity contribution >= 4 is 23.6 Å². The fourth-order valence-electron chi connectivity index (χ4n) is 1.58. The van der Waals surface area contributed by atoms with E-state index in [0.717, 1.165) is 0 Å². The summed E-state index contributed by atoms with van der Waals surface area (Å²) in [5, 5.41) is 10.0. The van der Waals surface area contributed by atoms with Crippen molar-refractivity contribution < 1.29 is 19.2 Å². The van der Waals surface area contributed by atoms with Crippen LogP contribution in [0.1, 0.15) is 40.0 Å². The highest BCUT2D eigenvalue weighted by molar-refractivity contribution is 5.81. The van der Waals surface area contributed by atoms with Crippen molar-refractivity contribution in [2.75, 3.05) is 13.3 Å². The van der Waals surface area contributed by atoms with Crippen LogP contribution in [0.4, 0.5) is 0 Å². The summed E-state index contributed by atoms with van der Waals surface area (Å²) in [5.74, 6) is -1.15. The first kappa shape index (κ1) is 18.9. The molecular formula is C13H24N4O4. The summed E-state index contributed by atoms with van der Waals surface area (Å²) in [6, 6.07) is 0. The highest BCUT2D eigenvalue weighted by Crippen LogP contribution is 2.10. The molecule has 0 aromatic carbocycles. The van der Waals surface area contributed by atoms with Crippen LogP contribution >= 0.6 is 0 Å². The van der Waals surface area contributed by atoms with E-state index in [-0.39, 0.29) is 49.3 Å². The Morgan fingerprint density at radius 2 is 1.38 bits per heavy atom. The van der Waals surface area contributed by atoms with E-state index in [0.29, 0.717) is 12.8 Å². The standard InChI is InChI=1S/C13H24N4O4/c1-4-11(13(21)17-8-15-10(3)19)5-6-12(20)16-7-14-9(2)18/h11H,4-8H2,1-3H3,(H,14,18)(H,15,19)(H,16,20)(H,17,21). The van der Waals surface area contributed by atoms with Gasteiger partial charge in [-0.1, -0.05) is 6.92 Å². The van der Waals surface area contributed by atoms with Gasteiger partial charge in [0, 0.05) is 26.2 Å². The lowest BCUT2D eigenvalue weighted by atomic mass is 9.99. The van der Waals surface area contributed by atoms with Crippen molar-refractivity contribution in [1.29, 1.82) is 0 Å². The Kier molecular flexibility index (Phi) is 9.57. The molecule has 1 unspecified atom stereocenters. The Bertz CT molecular complexity index is 384. The molecule has 0 radical (unpaired) electrons. The Morgan fingerprint density at radius 3 is 1.86 bits per heavy atom. The van der Waals surface area contributed by atoms with Crippen LogP contribution in [0.15, 0.2) is 0 Å². The molecule has 0 heterocycles. The summed E-state index contributed by atoms with van der Waals surface area (Å²) in [7, 11) is 0. The fourth-order valence-corrected chi connectivity index (χ4v) is 1.58. The second-order valence-electron chi connectivity index (χ2n) is 4.60. The van der Waals surface area contributed by atoms with Gasteiger partial charge in [-0.2, -0.15) is 0 Å². The number of rotatable bonds is 9. The molecule has 0 bridgehead atoms. The van der Waals surface area contributed by atoms with E-state index in [1.807, 2.05) is 6.92 Å². The molecular weight excluding hydrogens is 276 g/mol. The van der Waals surface area contributed by atoms with Gasteiger partial charge < -0.3 is 21.3 Å². The summed E-state index contributed by atoms with van der Waals surface area (Å²) in [6.45, 7) is 4.75. The molecule has 21 heavy (non-hydrogen) atoms. The van der Waals surface area contributed by atoms with Crippen molar-refractivity contribution in [3.05, 3.63) is 0 Å². The Hall–Kier alpha value is -2.12. The van der Waals surface area contributed by atoms with Gasteiger partial charge in [0.15, 0.2) is 0 Å². The Morgan fingerprint density at radius 1 is 0.857 bits per heavy atom. The molecule has 0 aliphatic heterocycles. The van der Waals surface area contributed by atoms with Crippen LogP contribution in [-0.2, 0) is 19.2 Å². The highest BCUT2D eigenvalue weighted by Gasteiger charge is 2.17. The van der Waals surface area contributed by atoms with Gasteiger partial charge in [0.25, 0.3) is 0 Å². The lowest BCUT2D eigenvalue weighted by Gasteiger charge is -2.15. The first-order valence-corrected chi connectivity index (χ1v) is 6.90. The molecule has 0 saturated heterocycles. The van der Waals surface area contributed by atoms with E-state index < -0.39 is 0 Å². The molecule has 0 rings (SSSR count). The lowest BCUT2D eigenvalue weighted by Crippen LogP contribution is -2.40. The van der Waals surface area contributed by atoms with Crippen LogP contribution < -0.4 is 21.3 Å². The number of nitrogens with one attached hydrogen (secondary N) is 4. The average molecular weight is 300 g/mol. The zero-order valence-corrected chi connectivity index (χ0v) is 12.7. The van der Waals surface area contributed by atoms with Gasteiger partial charge in [0.05, 0.1) is 13.3 Å². The van der Waals surface area contributed by atoms with E-state index in [1.165, 1.54) is 13.8 Å². The quantitative estimate of drug-likeness (QED) is 0.418. The van der Waals surface area contributed by atoms with Crippen LogP contribution in [0.3, 0.4) is 0 Å². The first-order valence-electron chi connectivity index (χ1n) is 6.90. The summed E-state index contributed by atoms with van der Waals surface area (Å²) in [6.07, 6.45) is 1.21. The Labute approximate surface area is 124 Å². The predicted molar refractivity (Wildman–Crippen MR) is 76.7 cm³/mol. The van der Waals surface area contributed by atoms with Gasteiger partial charge in [-0.15, -0.1) is 0 Å². The zero-order chi connectivity index (χ0) is 16.3. The third-order valence-corrected chi connectivity index (χ3v) is 2.81. The molecule has 1 atom stereocenters. The molecule has 0 fully saturated rings. The summed E-state index contributed by atoms with van der Waals surface area (Å²) >= 11 is 0. The van der Waals surface area contributed by atoms with Crippen molar-refractivity contribution in [3.63, 3.8) is 0 Å². The van der Waals surface area contributed by atoms with E-state index in [9.17, 15) is 19.2 Å². The third-order valence-electron chi connectivity index (χ3n) is 2.81. The molecule has 0 saturated carbocycles. The topological polar surface area (TPSA) is 116 Å². The molecule has 4 amide bonds. The second kappa shape index (κ2) is 10.6. The molecule has 120 valence electrons. The van der Waals surface area contributed by atoms with Crippen molar-refractivity contribution in [2.45, 2.75) is 40.0 Å².